The minimum atomic E-state index is -5.68. The van der Waals surface area contributed by atoms with Crippen LogP contribution in [0.4, 0.5) is 13.2 Å². The molecule has 0 fully saturated rings. The highest BCUT2D eigenvalue weighted by Gasteiger charge is 2.49. The van der Waals surface area contributed by atoms with E-state index in [0.29, 0.717) is 24.4 Å². The lowest BCUT2D eigenvalue weighted by atomic mass is 9.87. The lowest BCUT2D eigenvalue weighted by Crippen LogP contribution is -2.26. The predicted molar refractivity (Wildman–Crippen MR) is 105 cm³/mol. The van der Waals surface area contributed by atoms with Crippen LogP contribution in [0, 0.1) is 0 Å². The molecular formula is C20H21F3N2O5S. The number of ether oxygens (including phenoxy) is 2. The number of alkyl halides is 3. The van der Waals surface area contributed by atoms with Crippen LogP contribution >= 0.6 is 0 Å². The van der Waals surface area contributed by atoms with Crippen LogP contribution in [0.1, 0.15) is 42.0 Å². The SMILES string of the molecule is COc1nc(OC)c(Cc2ccccc2)c([C@@H]2CC=C(OS(=O)(=O)C(F)(F)F)CC2)n1. The van der Waals surface area contributed by atoms with E-state index < -0.39 is 15.6 Å². The lowest BCUT2D eigenvalue weighted by Gasteiger charge is -2.24. The van der Waals surface area contributed by atoms with Crippen LogP contribution in [0.25, 0.3) is 0 Å². The summed E-state index contributed by atoms with van der Waals surface area (Å²) in [5, 5.41) is 0. The monoisotopic (exact) mass is 458 g/mol. The van der Waals surface area contributed by atoms with Gasteiger partial charge in [-0.2, -0.15) is 31.6 Å². The molecule has 0 N–H and O–H groups in total. The van der Waals surface area contributed by atoms with Crippen molar-refractivity contribution in [1.29, 1.82) is 0 Å². The highest BCUT2D eigenvalue weighted by Crippen LogP contribution is 2.38. The summed E-state index contributed by atoms with van der Waals surface area (Å²) in [5.74, 6) is -0.0898. The van der Waals surface area contributed by atoms with Crippen molar-refractivity contribution < 1.29 is 35.2 Å². The first-order valence-corrected chi connectivity index (χ1v) is 10.8. The Morgan fingerprint density at radius 1 is 1.10 bits per heavy atom. The zero-order chi connectivity index (χ0) is 22.6. The van der Waals surface area contributed by atoms with Gasteiger partial charge in [-0.15, -0.1) is 0 Å². The molecule has 0 saturated carbocycles. The minimum Gasteiger partial charge on any atom is -0.481 e. The van der Waals surface area contributed by atoms with E-state index in [4.69, 9.17) is 9.47 Å². The van der Waals surface area contributed by atoms with Crippen LogP contribution in [0.15, 0.2) is 42.2 Å². The molecule has 1 aliphatic rings. The van der Waals surface area contributed by atoms with Gasteiger partial charge in [0.15, 0.2) is 0 Å². The summed E-state index contributed by atoms with van der Waals surface area (Å²) in [7, 11) is -2.78. The van der Waals surface area contributed by atoms with E-state index in [0.717, 1.165) is 11.1 Å². The third kappa shape index (κ3) is 5.27. The molecule has 1 aromatic heterocycles. The molecule has 0 saturated heterocycles. The van der Waals surface area contributed by atoms with Crippen LogP contribution < -0.4 is 9.47 Å². The summed E-state index contributed by atoms with van der Waals surface area (Å²) in [5.41, 5.74) is -3.09. The first-order chi connectivity index (χ1) is 14.6. The smallest absolute Gasteiger partial charge is 0.481 e. The molecule has 0 aliphatic heterocycles. The van der Waals surface area contributed by atoms with Gasteiger partial charge in [0.2, 0.25) is 5.88 Å². The average Bonchev–Trinajstić information content (AvgIpc) is 2.74. The molecule has 1 heterocycles. The van der Waals surface area contributed by atoms with Gasteiger partial charge in [0.25, 0.3) is 0 Å². The second-order valence-corrected chi connectivity index (χ2v) is 8.41. The molecule has 7 nitrogen and oxygen atoms in total. The van der Waals surface area contributed by atoms with Gasteiger partial charge >= 0.3 is 21.6 Å². The third-order valence-electron chi connectivity index (χ3n) is 4.84. The van der Waals surface area contributed by atoms with E-state index in [9.17, 15) is 21.6 Å². The number of hydrogen-bond acceptors (Lipinski definition) is 7. The molecule has 0 spiro atoms. The number of hydrogen-bond donors (Lipinski definition) is 0. The summed E-state index contributed by atoms with van der Waals surface area (Å²) in [4.78, 5) is 8.73. The summed E-state index contributed by atoms with van der Waals surface area (Å²) in [6.07, 6.45) is 2.43. The second-order valence-electron chi connectivity index (χ2n) is 6.87. The zero-order valence-corrected chi connectivity index (χ0v) is 17.7. The first kappa shape index (κ1) is 22.9. The van der Waals surface area contributed by atoms with Crippen LogP contribution in [0.3, 0.4) is 0 Å². The van der Waals surface area contributed by atoms with E-state index >= 15 is 0 Å². The van der Waals surface area contributed by atoms with Crippen molar-refractivity contribution in [2.45, 2.75) is 37.1 Å². The molecule has 0 amide bonds. The minimum absolute atomic E-state index is 0.0133. The average molecular weight is 458 g/mol. The third-order valence-corrected chi connectivity index (χ3v) is 5.84. The van der Waals surface area contributed by atoms with Crippen LogP contribution in [-0.4, -0.2) is 38.1 Å². The molecule has 2 aromatic rings. The van der Waals surface area contributed by atoms with Gasteiger partial charge in [0, 0.05) is 24.3 Å². The molecule has 0 radical (unpaired) electrons. The molecule has 168 valence electrons. The Kier molecular flexibility index (Phi) is 6.73. The Morgan fingerprint density at radius 3 is 2.35 bits per heavy atom. The molecule has 0 bridgehead atoms. The van der Waals surface area contributed by atoms with E-state index in [-0.39, 0.29) is 30.5 Å². The number of benzene rings is 1. The van der Waals surface area contributed by atoms with Gasteiger partial charge in [-0.25, -0.2) is 0 Å². The van der Waals surface area contributed by atoms with Gasteiger partial charge in [-0.05, 0) is 24.5 Å². The van der Waals surface area contributed by atoms with Crippen molar-refractivity contribution in [2.75, 3.05) is 14.2 Å². The molecule has 1 aliphatic carbocycles. The zero-order valence-electron chi connectivity index (χ0n) is 16.8. The maximum absolute atomic E-state index is 12.6. The van der Waals surface area contributed by atoms with Crippen molar-refractivity contribution in [3.8, 4) is 11.9 Å². The molecular weight excluding hydrogens is 437 g/mol. The Morgan fingerprint density at radius 2 is 1.81 bits per heavy atom. The molecule has 0 unspecified atom stereocenters. The first-order valence-electron chi connectivity index (χ1n) is 9.37. The number of methoxy groups -OCH3 is 2. The number of nitrogens with zero attached hydrogens (tertiary/aromatic N) is 2. The highest BCUT2D eigenvalue weighted by atomic mass is 32.2. The van der Waals surface area contributed by atoms with Gasteiger partial charge < -0.3 is 13.7 Å². The van der Waals surface area contributed by atoms with Crippen LogP contribution in [0.5, 0.6) is 11.9 Å². The Bertz CT molecular complexity index is 1060. The summed E-state index contributed by atoms with van der Waals surface area (Å²) in [6.45, 7) is 0. The van der Waals surface area contributed by atoms with Gasteiger partial charge in [0.1, 0.15) is 5.76 Å². The number of halogens is 3. The Labute approximate surface area is 178 Å². The van der Waals surface area contributed by atoms with E-state index in [2.05, 4.69) is 14.2 Å². The number of rotatable bonds is 7. The quantitative estimate of drug-likeness (QED) is 0.456. The fourth-order valence-corrected chi connectivity index (χ4v) is 3.87. The van der Waals surface area contributed by atoms with Crippen molar-refractivity contribution in [2.24, 2.45) is 0 Å². The fraction of sp³-hybridized carbons (Fsp3) is 0.400. The normalized spacial score (nSPS) is 17.1. The van der Waals surface area contributed by atoms with Gasteiger partial charge in [0.05, 0.1) is 19.9 Å². The number of allylic oxidation sites excluding steroid dienone is 2. The topological polar surface area (TPSA) is 87.6 Å². The lowest BCUT2D eigenvalue weighted by molar-refractivity contribution is -0.0524. The maximum Gasteiger partial charge on any atom is 0.534 e. The van der Waals surface area contributed by atoms with Crippen molar-refractivity contribution in [3.05, 3.63) is 59.0 Å². The van der Waals surface area contributed by atoms with Gasteiger partial charge in [-0.3, -0.25) is 0 Å². The maximum atomic E-state index is 12.6. The van der Waals surface area contributed by atoms with E-state index in [1.54, 1.807) is 0 Å². The Hall–Kier alpha value is -2.82. The fourth-order valence-electron chi connectivity index (χ4n) is 3.35. The summed E-state index contributed by atoms with van der Waals surface area (Å²) in [6, 6.07) is 9.70. The predicted octanol–water partition coefficient (Wildman–Crippen LogP) is 4.10. The molecule has 1 atom stereocenters. The van der Waals surface area contributed by atoms with Crippen molar-refractivity contribution >= 4 is 10.1 Å². The highest BCUT2D eigenvalue weighted by molar-refractivity contribution is 7.87. The van der Waals surface area contributed by atoms with Crippen molar-refractivity contribution in [1.82, 2.24) is 9.97 Å². The standard InChI is InChI=1S/C20H21F3N2O5S/c1-28-18-16(12-13-6-4-3-5-7-13)17(24-19(25-18)29-2)14-8-10-15(11-9-14)30-31(26,27)20(21,22)23/h3-7,10,14H,8-9,11-12H2,1-2H3/t14-/m1/s1. The second kappa shape index (κ2) is 9.13. The van der Waals surface area contributed by atoms with Crippen LogP contribution in [0.2, 0.25) is 0 Å². The molecule has 1 aromatic carbocycles. The molecule has 11 heteroatoms. The number of aromatic nitrogens is 2. The van der Waals surface area contributed by atoms with Gasteiger partial charge in [-0.1, -0.05) is 30.3 Å². The molecule has 31 heavy (non-hydrogen) atoms. The largest absolute Gasteiger partial charge is 0.534 e. The van der Waals surface area contributed by atoms with E-state index in [1.165, 1.54) is 20.3 Å². The Balaban J connectivity index is 1.91. The van der Waals surface area contributed by atoms with Crippen LogP contribution in [-0.2, 0) is 20.7 Å². The van der Waals surface area contributed by atoms with Crippen molar-refractivity contribution in [3.63, 3.8) is 0 Å². The summed E-state index contributed by atoms with van der Waals surface area (Å²) < 4.78 is 75.1. The van der Waals surface area contributed by atoms with E-state index in [1.807, 2.05) is 30.3 Å². The summed E-state index contributed by atoms with van der Waals surface area (Å²) >= 11 is 0. The molecule has 3 rings (SSSR count).